The Bertz CT molecular complexity index is 2530. The number of rotatable bonds is 13. The average Bonchev–Trinajstić information content (AvgIpc) is 3.59. The summed E-state index contributed by atoms with van der Waals surface area (Å²) >= 11 is 6.00. The topological polar surface area (TPSA) is 94.8 Å². The fourth-order valence-electron chi connectivity index (χ4n) is 5.90. The Balaban J connectivity index is 0.000000242. The van der Waals surface area contributed by atoms with Gasteiger partial charge < -0.3 is 23.9 Å². The van der Waals surface area contributed by atoms with Crippen LogP contribution in [0.25, 0.3) is 16.9 Å². The van der Waals surface area contributed by atoms with Crippen molar-refractivity contribution in [3.63, 3.8) is 0 Å². The number of aromatic carboxylic acids is 1. The van der Waals surface area contributed by atoms with E-state index in [1.165, 1.54) is 73.7 Å². The van der Waals surface area contributed by atoms with E-state index in [1.807, 2.05) is 0 Å². The molecule has 0 aliphatic rings. The van der Waals surface area contributed by atoms with E-state index in [0.29, 0.717) is 28.2 Å². The molecular formula is C45H34ClF8NO6. The molecular weight excluding hydrogens is 838 g/mol. The molecule has 0 spiro atoms. The van der Waals surface area contributed by atoms with Gasteiger partial charge in [-0.15, -0.1) is 0 Å². The van der Waals surface area contributed by atoms with Gasteiger partial charge in [0, 0.05) is 29.8 Å². The molecule has 1 aromatic heterocycles. The molecule has 61 heavy (non-hydrogen) atoms. The van der Waals surface area contributed by atoms with Gasteiger partial charge in [0.05, 0.1) is 33.0 Å². The van der Waals surface area contributed by atoms with E-state index in [2.05, 4.69) is 0 Å². The van der Waals surface area contributed by atoms with Crippen molar-refractivity contribution >= 4 is 29.1 Å². The fraction of sp³-hybridized carbons (Fsp3) is 0.178. The number of aromatic nitrogens is 1. The number of alkyl halides is 6. The molecule has 6 aromatic rings. The highest BCUT2D eigenvalue weighted by Gasteiger charge is 2.33. The highest BCUT2D eigenvalue weighted by molar-refractivity contribution is 6.33. The maximum atomic E-state index is 13.6. The largest absolute Gasteiger partial charge is 0.488 e. The maximum Gasteiger partial charge on any atom is 0.416 e. The van der Waals surface area contributed by atoms with Gasteiger partial charge in [-0.25, -0.2) is 13.6 Å². The molecule has 16 heteroatoms. The molecule has 0 fully saturated rings. The van der Waals surface area contributed by atoms with Gasteiger partial charge in [0.15, 0.2) is 5.78 Å². The van der Waals surface area contributed by atoms with Gasteiger partial charge in [0.25, 0.3) is 0 Å². The molecule has 7 nitrogen and oxygen atoms in total. The summed E-state index contributed by atoms with van der Waals surface area (Å²) in [6.07, 6.45) is -9.46. The fourth-order valence-corrected chi connectivity index (χ4v) is 6.10. The van der Waals surface area contributed by atoms with E-state index in [1.54, 1.807) is 29.7 Å². The zero-order chi connectivity index (χ0) is 44.6. The van der Waals surface area contributed by atoms with Crippen LogP contribution in [0.1, 0.15) is 68.4 Å². The Hall–Kier alpha value is -6.48. The molecule has 318 valence electrons. The molecule has 1 N–H and O–H groups in total. The summed E-state index contributed by atoms with van der Waals surface area (Å²) in [6.45, 7) is 3.00. The predicted molar refractivity (Wildman–Crippen MR) is 210 cm³/mol. The molecule has 0 saturated heterocycles. The molecule has 0 atom stereocenters. The number of halogens is 9. The summed E-state index contributed by atoms with van der Waals surface area (Å²) in [5.74, 6) is -2.76. The van der Waals surface area contributed by atoms with Gasteiger partial charge in [-0.1, -0.05) is 35.9 Å². The van der Waals surface area contributed by atoms with Gasteiger partial charge >= 0.3 is 18.3 Å². The van der Waals surface area contributed by atoms with Crippen LogP contribution in [0.3, 0.4) is 0 Å². The molecule has 0 radical (unpaired) electrons. The summed E-state index contributed by atoms with van der Waals surface area (Å²) in [6, 6.07) is 24.4. The second kappa shape index (κ2) is 19.3. The van der Waals surface area contributed by atoms with Crippen LogP contribution in [-0.2, 0) is 30.4 Å². The number of hydrogen-bond donors (Lipinski definition) is 1. The smallest absolute Gasteiger partial charge is 0.416 e. The van der Waals surface area contributed by atoms with Crippen LogP contribution >= 0.6 is 11.6 Å². The lowest BCUT2D eigenvalue weighted by Crippen LogP contribution is -2.10. The number of carbonyl (C=O) groups excluding carboxylic acids is 2. The van der Waals surface area contributed by atoms with Crippen molar-refractivity contribution in [2.24, 2.45) is 0 Å². The molecule has 0 aliphatic carbocycles. The number of nitrogens with zero attached hydrogens (tertiary/aromatic N) is 1. The lowest BCUT2D eigenvalue weighted by atomic mass is 10.0. The van der Waals surface area contributed by atoms with E-state index in [0.717, 1.165) is 30.3 Å². The van der Waals surface area contributed by atoms with Crippen LogP contribution < -0.4 is 9.47 Å². The van der Waals surface area contributed by atoms with Gasteiger partial charge in [0.1, 0.15) is 42.1 Å². The van der Waals surface area contributed by atoms with Crippen molar-refractivity contribution in [1.82, 2.24) is 4.57 Å². The first-order valence-corrected chi connectivity index (χ1v) is 18.5. The molecule has 0 unspecified atom stereocenters. The zero-order valence-corrected chi connectivity index (χ0v) is 32.9. The van der Waals surface area contributed by atoms with Gasteiger partial charge in [-0.2, -0.15) is 26.3 Å². The van der Waals surface area contributed by atoms with Crippen molar-refractivity contribution in [2.45, 2.75) is 52.3 Å². The van der Waals surface area contributed by atoms with Gasteiger partial charge in [-0.3, -0.25) is 4.79 Å². The number of carbonyl (C=O) groups is 3. The Morgan fingerprint density at radius 2 is 1.16 bits per heavy atom. The minimum Gasteiger partial charge on any atom is -0.488 e. The zero-order valence-electron chi connectivity index (χ0n) is 32.1. The molecule has 1 heterocycles. The van der Waals surface area contributed by atoms with Crippen molar-refractivity contribution in [3.05, 3.63) is 171 Å². The van der Waals surface area contributed by atoms with Crippen LogP contribution in [0.2, 0.25) is 5.02 Å². The number of hydrogen-bond acceptors (Lipinski definition) is 5. The summed E-state index contributed by atoms with van der Waals surface area (Å²) in [5, 5.41) is 9.48. The third-order valence-corrected chi connectivity index (χ3v) is 9.35. The van der Waals surface area contributed by atoms with Crippen LogP contribution in [0.15, 0.2) is 115 Å². The quantitative estimate of drug-likeness (QED) is 0.0917. The molecule has 0 bridgehead atoms. The summed E-state index contributed by atoms with van der Waals surface area (Å²) in [5.41, 5.74) is 0.589. The maximum absolute atomic E-state index is 13.6. The number of benzene rings is 5. The second-order valence-electron chi connectivity index (χ2n) is 13.5. The van der Waals surface area contributed by atoms with Crippen molar-refractivity contribution < 1.29 is 64.1 Å². The number of ether oxygens (including phenoxy) is 2. The average molecular weight is 872 g/mol. The first-order chi connectivity index (χ1) is 28.7. The predicted octanol–water partition coefficient (Wildman–Crippen LogP) is 12.5. The molecule has 6 rings (SSSR count). The Labute approximate surface area is 348 Å². The van der Waals surface area contributed by atoms with Crippen LogP contribution in [-0.4, -0.2) is 27.2 Å². The third-order valence-electron chi connectivity index (χ3n) is 9.02. The highest BCUT2D eigenvalue weighted by atomic mass is 35.5. The number of aryl methyl sites for hydroxylation is 1. The van der Waals surface area contributed by atoms with E-state index in [4.69, 9.17) is 21.1 Å². The molecule has 5 aromatic carbocycles. The molecule has 0 aliphatic heterocycles. The van der Waals surface area contributed by atoms with E-state index in [-0.39, 0.29) is 65.1 Å². The Kier molecular flexibility index (Phi) is 14.4. The summed E-state index contributed by atoms with van der Waals surface area (Å²) in [7, 11) is 0. The van der Waals surface area contributed by atoms with Crippen LogP contribution in [0, 0.1) is 18.6 Å². The van der Waals surface area contributed by atoms with Crippen molar-refractivity contribution in [2.75, 3.05) is 0 Å². The van der Waals surface area contributed by atoms with Crippen molar-refractivity contribution in [1.29, 1.82) is 0 Å². The number of ketones is 2. The first kappa shape index (κ1) is 45.6. The van der Waals surface area contributed by atoms with E-state index in [9.17, 15) is 54.6 Å². The summed E-state index contributed by atoms with van der Waals surface area (Å²) < 4.78 is 118. The Morgan fingerprint density at radius 3 is 1.69 bits per heavy atom. The SMILES string of the molecule is CC(=O)CCC(=O)c1cc(C(F)(F)F)ccc1OCc1ccc(F)cc1.Cc1ccc(-c2cc(C(F)(F)F)ccc2OCc2ccc(F)cc2)n1-c1ccc(Cl)c(C(=O)O)c1. The summed E-state index contributed by atoms with van der Waals surface area (Å²) in [4.78, 5) is 34.9. The highest BCUT2D eigenvalue weighted by Crippen LogP contribution is 2.40. The molecule has 0 amide bonds. The lowest BCUT2D eigenvalue weighted by molar-refractivity contribution is -0.138. The number of Topliss-reactive ketones (excluding diaryl/α,β-unsaturated/α-hetero) is 2. The first-order valence-electron chi connectivity index (χ1n) is 18.1. The van der Waals surface area contributed by atoms with Crippen LogP contribution in [0.4, 0.5) is 35.1 Å². The second-order valence-corrected chi connectivity index (χ2v) is 13.9. The van der Waals surface area contributed by atoms with E-state index >= 15 is 0 Å². The number of carboxylic acid groups (broad SMARTS) is 1. The van der Waals surface area contributed by atoms with Gasteiger partial charge in [-0.05, 0) is 116 Å². The standard InChI is InChI=1S/C26H18ClF4NO3.C19H16F4O3/c1-15-2-10-23(32(15)19-8-9-22(27)20(13-19)25(33)34)21-12-17(26(29,30)31)5-11-24(21)35-14-16-3-6-18(28)7-4-16;1-12(24)2-8-17(25)16-10-14(19(21,22)23)5-9-18(16)26-11-13-3-6-15(20)7-4-13/h2-13H,14H2,1H3,(H,33,34);3-7,9-10H,2,8,11H2,1H3. The van der Waals surface area contributed by atoms with E-state index < -0.39 is 46.9 Å². The molecule has 0 saturated carbocycles. The van der Waals surface area contributed by atoms with Crippen LogP contribution in [0.5, 0.6) is 11.5 Å². The number of carboxylic acids is 1. The monoisotopic (exact) mass is 871 g/mol. The van der Waals surface area contributed by atoms with Crippen molar-refractivity contribution in [3.8, 4) is 28.4 Å². The minimum absolute atomic E-state index is 0.00242. The van der Waals surface area contributed by atoms with Gasteiger partial charge in [0.2, 0.25) is 0 Å². The minimum atomic E-state index is -4.61. The Morgan fingerprint density at radius 1 is 0.639 bits per heavy atom. The lowest BCUT2D eigenvalue weighted by Gasteiger charge is -2.18. The normalized spacial score (nSPS) is 11.4. The third kappa shape index (κ3) is 12.1.